The lowest BCUT2D eigenvalue weighted by molar-refractivity contribution is 0.102. The third-order valence-electron chi connectivity index (χ3n) is 2.94. The van der Waals surface area contributed by atoms with Gasteiger partial charge in [0.05, 0.1) is 0 Å². The van der Waals surface area contributed by atoms with E-state index in [0.717, 1.165) is 9.90 Å². The van der Waals surface area contributed by atoms with Gasteiger partial charge in [-0.2, -0.15) is 0 Å². The predicted octanol–water partition coefficient (Wildman–Crippen LogP) is 3.39. The number of anilines is 1. The summed E-state index contributed by atoms with van der Waals surface area (Å²) in [5.74, 6) is 0.440. The van der Waals surface area contributed by atoms with Gasteiger partial charge >= 0.3 is 0 Å². The van der Waals surface area contributed by atoms with Crippen molar-refractivity contribution in [2.24, 2.45) is 0 Å². The van der Waals surface area contributed by atoms with E-state index in [2.05, 4.69) is 15.5 Å². The Morgan fingerprint density at radius 3 is 2.68 bits per heavy atom. The van der Waals surface area contributed by atoms with Gasteiger partial charge in [-0.25, -0.2) is 0 Å². The highest BCUT2D eigenvalue weighted by Gasteiger charge is 2.27. The summed E-state index contributed by atoms with van der Waals surface area (Å²) in [6.45, 7) is 0. The molecule has 19 heavy (non-hydrogen) atoms. The van der Waals surface area contributed by atoms with Gasteiger partial charge in [0.25, 0.3) is 5.91 Å². The predicted molar refractivity (Wildman–Crippen MR) is 78.1 cm³/mol. The third-order valence-corrected chi connectivity index (χ3v) is 4.68. The van der Waals surface area contributed by atoms with E-state index in [4.69, 9.17) is 0 Å². The fourth-order valence-electron chi connectivity index (χ4n) is 1.69. The molecule has 0 saturated heterocycles. The van der Waals surface area contributed by atoms with E-state index in [9.17, 15) is 4.79 Å². The Labute approximate surface area is 119 Å². The minimum Gasteiger partial charge on any atom is -0.296 e. The van der Waals surface area contributed by atoms with Crippen LogP contribution in [0.3, 0.4) is 0 Å². The van der Waals surface area contributed by atoms with Crippen molar-refractivity contribution in [3.05, 3.63) is 34.8 Å². The number of rotatable bonds is 4. The van der Waals surface area contributed by atoms with Gasteiger partial charge in [-0.05, 0) is 43.4 Å². The van der Waals surface area contributed by atoms with Crippen molar-refractivity contribution in [1.82, 2.24) is 10.2 Å². The van der Waals surface area contributed by atoms with Crippen LogP contribution in [-0.2, 0) is 0 Å². The summed E-state index contributed by atoms with van der Waals surface area (Å²) < 4.78 is 0. The van der Waals surface area contributed by atoms with Crippen molar-refractivity contribution < 1.29 is 4.79 Å². The number of carbonyl (C=O) groups is 1. The minimum atomic E-state index is -0.133. The second-order valence-electron chi connectivity index (χ2n) is 4.40. The van der Waals surface area contributed by atoms with Crippen LogP contribution in [0.25, 0.3) is 0 Å². The summed E-state index contributed by atoms with van der Waals surface area (Å²) in [6, 6.07) is 7.53. The Hall–Kier alpha value is -1.40. The molecule has 0 spiro atoms. The number of hydrogen-bond donors (Lipinski definition) is 1. The summed E-state index contributed by atoms with van der Waals surface area (Å²) in [7, 11) is 0. The first-order valence-corrected chi connectivity index (χ1v) is 8.09. The molecule has 0 radical (unpaired) electrons. The summed E-state index contributed by atoms with van der Waals surface area (Å²) in [4.78, 5) is 13.2. The number of nitrogens with one attached hydrogen (secondary N) is 1. The molecule has 0 atom stereocenters. The quantitative estimate of drug-likeness (QED) is 0.877. The Morgan fingerprint density at radius 1 is 1.32 bits per heavy atom. The topological polar surface area (TPSA) is 54.9 Å². The molecule has 4 nitrogen and oxygen atoms in total. The molecular formula is C13H13N3OS2. The molecule has 6 heteroatoms. The molecule has 1 aromatic heterocycles. The lowest BCUT2D eigenvalue weighted by Crippen LogP contribution is -2.11. The first-order chi connectivity index (χ1) is 9.26. The second kappa shape index (κ2) is 5.30. The van der Waals surface area contributed by atoms with Crippen LogP contribution in [0.5, 0.6) is 0 Å². The summed E-state index contributed by atoms with van der Waals surface area (Å²) in [6.07, 6.45) is 4.40. The molecule has 98 valence electrons. The monoisotopic (exact) mass is 291 g/mol. The zero-order valence-electron chi connectivity index (χ0n) is 10.4. The molecule has 1 amide bonds. The summed E-state index contributed by atoms with van der Waals surface area (Å²) in [5, 5.41) is 12.5. The number of nitrogens with zero attached hydrogens (tertiary/aromatic N) is 2. The van der Waals surface area contributed by atoms with Gasteiger partial charge in [-0.1, -0.05) is 11.3 Å². The highest BCUT2D eigenvalue weighted by Crippen LogP contribution is 2.42. The Kier molecular flexibility index (Phi) is 3.52. The Balaban J connectivity index is 1.68. The van der Waals surface area contributed by atoms with Crippen molar-refractivity contribution >= 4 is 34.1 Å². The normalized spacial score (nSPS) is 14.4. The molecule has 3 rings (SSSR count). The van der Waals surface area contributed by atoms with E-state index >= 15 is 0 Å². The maximum Gasteiger partial charge on any atom is 0.257 e. The van der Waals surface area contributed by atoms with E-state index in [-0.39, 0.29) is 5.91 Å². The number of aromatic nitrogens is 2. The molecule has 0 unspecified atom stereocenters. The van der Waals surface area contributed by atoms with E-state index < -0.39 is 0 Å². The maximum atomic E-state index is 12.0. The molecule has 1 N–H and O–H groups in total. The zero-order chi connectivity index (χ0) is 13.2. The molecular weight excluding hydrogens is 278 g/mol. The average Bonchev–Trinajstić information content (AvgIpc) is 3.20. The maximum absolute atomic E-state index is 12.0. The van der Waals surface area contributed by atoms with E-state index in [0.29, 0.717) is 16.6 Å². The van der Waals surface area contributed by atoms with Crippen LogP contribution in [0.1, 0.15) is 34.1 Å². The third kappa shape index (κ3) is 2.96. The molecule has 1 fully saturated rings. The highest BCUT2D eigenvalue weighted by atomic mass is 32.2. The summed E-state index contributed by atoms with van der Waals surface area (Å²) >= 11 is 3.13. The standard InChI is InChI=1S/C13H13N3OS2/c1-18-10-6-4-8(5-7-10)11(17)14-13-16-15-12(19-13)9-2-3-9/h4-7,9H,2-3H2,1H3,(H,14,16,17). The minimum absolute atomic E-state index is 0.133. The van der Waals surface area contributed by atoms with E-state index in [1.54, 1.807) is 11.8 Å². The van der Waals surface area contributed by atoms with Crippen molar-refractivity contribution in [1.29, 1.82) is 0 Å². The molecule has 1 aromatic carbocycles. The SMILES string of the molecule is CSc1ccc(C(=O)Nc2nnc(C3CC3)s2)cc1. The van der Waals surface area contributed by atoms with E-state index in [1.165, 1.54) is 24.2 Å². The Morgan fingerprint density at radius 2 is 2.05 bits per heavy atom. The van der Waals surface area contributed by atoms with Crippen LogP contribution in [0.2, 0.25) is 0 Å². The Bertz CT molecular complexity index is 590. The molecule has 1 heterocycles. The molecule has 1 aliphatic rings. The highest BCUT2D eigenvalue weighted by molar-refractivity contribution is 7.98. The molecule has 0 aliphatic heterocycles. The first kappa shape index (κ1) is 12.6. The number of benzene rings is 1. The number of amides is 1. The largest absolute Gasteiger partial charge is 0.296 e. The van der Waals surface area contributed by atoms with Crippen LogP contribution in [0.15, 0.2) is 29.2 Å². The molecule has 0 bridgehead atoms. The number of thioether (sulfide) groups is 1. The second-order valence-corrected chi connectivity index (χ2v) is 6.29. The fraction of sp³-hybridized carbons (Fsp3) is 0.308. The van der Waals surface area contributed by atoms with Crippen LogP contribution in [-0.4, -0.2) is 22.4 Å². The van der Waals surface area contributed by atoms with Crippen molar-refractivity contribution in [3.63, 3.8) is 0 Å². The van der Waals surface area contributed by atoms with Crippen LogP contribution < -0.4 is 5.32 Å². The van der Waals surface area contributed by atoms with Crippen LogP contribution in [0.4, 0.5) is 5.13 Å². The lowest BCUT2D eigenvalue weighted by atomic mass is 10.2. The van der Waals surface area contributed by atoms with Crippen molar-refractivity contribution in [3.8, 4) is 0 Å². The van der Waals surface area contributed by atoms with Crippen LogP contribution >= 0.6 is 23.1 Å². The van der Waals surface area contributed by atoms with Gasteiger partial charge in [0.1, 0.15) is 5.01 Å². The summed E-state index contributed by atoms with van der Waals surface area (Å²) in [5.41, 5.74) is 0.640. The number of carbonyl (C=O) groups excluding carboxylic acids is 1. The fourth-order valence-corrected chi connectivity index (χ4v) is 3.01. The molecule has 1 aliphatic carbocycles. The van der Waals surface area contributed by atoms with Gasteiger partial charge in [-0.3, -0.25) is 10.1 Å². The average molecular weight is 291 g/mol. The van der Waals surface area contributed by atoms with Gasteiger partial charge in [0.2, 0.25) is 5.13 Å². The van der Waals surface area contributed by atoms with Crippen molar-refractivity contribution in [2.45, 2.75) is 23.7 Å². The van der Waals surface area contributed by atoms with Gasteiger partial charge < -0.3 is 0 Å². The number of hydrogen-bond acceptors (Lipinski definition) is 5. The molecule has 1 saturated carbocycles. The van der Waals surface area contributed by atoms with Gasteiger partial charge in [-0.15, -0.1) is 22.0 Å². The van der Waals surface area contributed by atoms with Crippen LogP contribution in [0, 0.1) is 0 Å². The van der Waals surface area contributed by atoms with Gasteiger partial charge in [0, 0.05) is 16.4 Å². The lowest BCUT2D eigenvalue weighted by Gasteiger charge is -2.02. The smallest absolute Gasteiger partial charge is 0.257 e. The van der Waals surface area contributed by atoms with Gasteiger partial charge in [0.15, 0.2) is 0 Å². The molecule has 2 aromatic rings. The van der Waals surface area contributed by atoms with E-state index in [1.807, 2.05) is 30.5 Å². The van der Waals surface area contributed by atoms with Crippen molar-refractivity contribution in [2.75, 3.05) is 11.6 Å². The first-order valence-electron chi connectivity index (χ1n) is 6.05. The zero-order valence-corrected chi connectivity index (χ0v) is 12.1.